The van der Waals surface area contributed by atoms with Gasteiger partial charge in [-0.2, -0.15) is 0 Å². The smallest absolute Gasteiger partial charge is 0.0960 e. The molecule has 0 saturated heterocycles. The maximum absolute atomic E-state index is 9.36. The molecule has 1 aromatic carbocycles. The molecule has 0 radical (unpaired) electrons. The van der Waals surface area contributed by atoms with E-state index in [2.05, 4.69) is 27.8 Å². The zero-order chi connectivity index (χ0) is 11.1. The first-order chi connectivity index (χ1) is 7.74. The second-order valence-electron chi connectivity index (χ2n) is 4.76. The van der Waals surface area contributed by atoms with Crippen LogP contribution in [0.2, 0.25) is 0 Å². The monoisotopic (exact) mass is 216 g/mol. The average molecular weight is 216 g/mol. The molecule has 1 aliphatic carbocycles. The van der Waals surface area contributed by atoms with Crippen molar-refractivity contribution in [2.45, 2.75) is 38.3 Å². The Morgan fingerprint density at radius 3 is 3.00 bits per heavy atom. The third-order valence-corrected chi connectivity index (χ3v) is 3.11. The molecule has 16 heavy (non-hydrogen) atoms. The number of aromatic nitrogens is 2. The van der Waals surface area contributed by atoms with Crippen LogP contribution in [0.25, 0.3) is 11.0 Å². The molecule has 1 unspecified atom stereocenters. The largest absolute Gasteiger partial charge is 0.393 e. The molecule has 1 fully saturated rings. The lowest BCUT2D eigenvalue weighted by Crippen LogP contribution is -2.03. The zero-order valence-electron chi connectivity index (χ0n) is 9.43. The first kappa shape index (κ1) is 9.85. The van der Waals surface area contributed by atoms with Crippen molar-refractivity contribution in [1.82, 2.24) is 9.55 Å². The predicted octanol–water partition coefficient (Wildman–Crippen LogP) is 2.29. The molecule has 1 saturated carbocycles. The van der Waals surface area contributed by atoms with E-state index in [0.29, 0.717) is 12.5 Å². The summed E-state index contributed by atoms with van der Waals surface area (Å²) < 4.78 is 2.27. The molecule has 1 aromatic heterocycles. The van der Waals surface area contributed by atoms with Crippen molar-refractivity contribution in [2.75, 3.05) is 0 Å². The fraction of sp³-hybridized carbons (Fsp3) is 0.462. The highest BCUT2D eigenvalue weighted by Gasteiger charge is 2.24. The lowest BCUT2D eigenvalue weighted by Gasteiger charge is -2.05. The van der Waals surface area contributed by atoms with Crippen molar-refractivity contribution in [3.05, 3.63) is 30.1 Å². The quantitative estimate of drug-likeness (QED) is 0.854. The second-order valence-corrected chi connectivity index (χ2v) is 4.76. The van der Waals surface area contributed by atoms with Gasteiger partial charge in [-0.05, 0) is 43.9 Å². The molecule has 1 atom stereocenters. The van der Waals surface area contributed by atoms with E-state index >= 15 is 0 Å². The summed E-state index contributed by atoms with van der Waals surface area (Å²) in [5.74, 6) is 0. The van der Waals surface area contributed by atoms with Crippen LogP contribution in [0.5, 0.6) is 0 Å². The summed E-state index contributed by atoms with van der Waals surface area (Å²) in [6.45, 7) is 1.81. The standard InChI is InChI=1S/C13H16N2O/c1-9(16)6-10-2-5-13-12(7-10)14-8-15(13)11-3-4-11/h2,5,7-9,11,16H,3-4,6H2,1H3. The summed E-state index contributed by atoms with van der Waals surface area (Å²) in [6, 6.07) is 6.97. The molecule has 1 N–H and O–H groups in total. The third-order valence-electron chi connectivity index (χ3n) is 3.11. The molecular formula is C13H16N2O. The van der Waals surface area contributed by atoms with Crippen molar-refractivity contribution in [3.8, 4) is 0 Å². The van der Waals surface area contributed by atoms with Crippen molar-refractivity contribution in [2.24, 2.45) is 0 Å². The Labute approximate surface area is 94.7 Å². The van der Waals surface area contributed by atoms with Crippen LogP contribution in [-0.4, -0.2) is 20.8 Å². The van der Waals surface area contributed by atoms with E-state index in [1.54, 1.807) is 0 Å². The molecule has 1 aliphatic rings. The number of imidazole rings is 1. The van der Waals surface area contributed by atoms with Gasteiger partial charge in [0.25, 0.3) is 0 Å². The number of rotatable bonds is 3. The lowest BCUT2D eigenvalue weighted by atomic mass is 10.1. The van der Waals surface area contributed by atoms with Crippen LogP contribution in [0.15, 0.2) is 24.5 Å². The van der Waals surface area contributed by atoms with Crippen LogP contribution >= 0.6 is 0 Å². The molecule has 3 rings (SSSR count). The van der Waals surface area contributed by atoms with Gasteiger partial charge in [0, 0.05) is 6.04 Å². The zero-order valence-corrected chi connectivity index (χ0v) is 9.43. The molecule has 2 aromatic rings. The van der Waals surface area contributed by atoms with E-state index in [1.165, 1.54) is 18.4 Å². The number of benzene rings is 1. The van der Waals surface area contributed by atoms with Gasteiger partial charge in [-0.25, -0.2) is 4.98 Å². The Kier molecular flexibility index (Phi) is 2.21. The number of hydrogen-bond acceptors (Lipinski definition) is 2. The number of fused-ring (bicyclic) bond motifs is 1. The van der Waals surface area contributed by atoms with Gasteiger partial charge in [-0.1, -0.05) is 6.07 Å². The van der Waals surface area contributed by atoms with Crippen molar-refractivity contribution in [3.63, 3.8) is 0 Å². The number of hydrogen-bond donors (Lipinski definition) is 1. The minimum atomic E-state index is -0.289. The Balaban J connectivity index is 1.99. The summed E-state index contributed by atoms with van der Waals surface area (Å²) in [7, 11) is 0. The van der Waals surface area contributed by atoms with Crippen LogP contribution < -0.4 is 0 Å². The van der Waals surface area contributed by atoms with E-state index in [9.17, 15) is 5.11 Å². The summed E-state index contributed by atoms with van der Waals surface area (Å²) >= 11 is 0. The average Bonchev–Trinajstić information content (AvgIpc) is 2.98. The Hall–Kier alpha value is -1.35. The van der Waals surface area contributed by atoms with E-state index in [-0.39, 0.29) is 6.10 Å². The predicted molar refractivity (Wildman–Crippen MR) is 63.4 cm³/mol. The van der Waals surface area contributed by atoms with E-state index in [0.717, 1.165) is 11.1 Å². The number of nitrogens with zero attached hydrogens (tertiary/aromatic N) is 2. The maximum Gasteiger partial charge on any atom is 0.0960 e. The highest BCUT2D eigenvalue weighted by Crippen LogP contribution is 2.37. The van der Waals surface area contributed by atoms with Gasteiger partial charge in [-0.15, -0.1) is 0 Å². The normalized spacial score (nSPS) is 17.9. The van der Waals surface area contributed by atoms with Crippen molar-refractivity contribution < 1.29 is 5.11 Å². The Bertz CT molecular complexity index is 512. The summed E-state index contributed by atoms with van der Waals surface area (Å²) in [4.78, 5) is 4.43. The molecule has 0 bridgehead atoms. The lowest BCUT2D eigenvalue weighted by molar-refractivity contribution is 0.195. The number of aliphatic hydroxyl groups is 1. The highest BCUT2D eigenvalue weighted by atomic mass is 16.3. The highest BCUT2D eigenvalue weighted by molar-refractivity contribution is 5.76. The van der Waals surface area contributed by atoms with E-state index in [4.69, 9.17) is 0 Å². The molecule has 0 aliphatic heterocycles. The van der Waals surface area contributed by atoms with Crippen LogP contribution in [-0.2, 0) is 6.42 Å². The minimum absolute atomic E-state index is 0.289. The van der Waals surface area contributed by atoms with E-state index in [1.807, 2.05) is 13.3 Å². The van der Waals surface area contributed by atoms with Crippen molar-refractivity contribution in [1.29, 1.82) is 0 Å². The fourth-order valence-corrected chi connectivity index (χ4v) is 2.19. The van der Waals surface area contributed by atoms with Gasteiger partial charge < -0.3 is 9.67 Å². The van der Waals surface area contributed by atoms with Gasteiger partial charge in [0.15, 0.2) is 0 Å². The molecule has 0 spiro atoms. The fourth-order valence-electron chi connectivity index (χ4n) is 2.19. The first-order valence-electron chi connectivity index (χ1n) is 5.87. The minimum Gasteiger partial charge on any atom is -0.393 e. The van der Waals surface area contributed by atoms with Gasteiger partial charge >= 0.3 is 0 Å². The van der Waals surface area contributed by atoms with Crippen LogP contribution in [0.4, 0.5) is 0 Å². The molecular weight excluding hydrogens is 200 g/mol. The number of aliphatic hydroxyl groups excluding tert-OH is 1. The van der Waals surface area contributed by atoms with Crippen LogP contribution in [0, 0.1) is 0 Å². The molecule has 0 amide bonds. The topological polar surface area (TPSA) is 38.1 Å². The molecule has 3 nitrogen and oxygen atoms in total. The van der Waals surface area contributed by atoms with Gasteiger partial charge in [-0.3, -0.25) is 0 Å². The Morgan fingerprint density at radius 1 is 1.50 bits per heavy atom. The molecule has 1 heterocycles. The van der Waals surface area contributed by atoms with E-state index < -0.39 is 0 Å². The van der Waals surface area contributed by atoms with Crippen molar-refractivity contribution >= 4 is 11.0 Å². The van der Waals surface area contributed by atoms with Gasteiger partial charge in [0.05, 0.1) is 23.5 Å². The summed E-state index contributed by atoms with van der Waals surface area (Å²) in [5, 5.41) is 9.36. The van der Waals surface area contributed by atoms with Gasteiger partial charge in [0.2, 0.25) is 0 Å². The first-order valence-corrected chi connectivity index (χ1v) is 5.87. The summed E-state index contributed by atoms with van der Waals surface area (Å²) in [5.41, 5.74) is 3.42. The molecule has 3 heteroatoms. The summed E-state index contributed by atoms with van der Waals surface area (Å²) in [6.07, 6.45) is 4.91. The SMILES string of the molecule is CC(O)Cc1ccc2c(c1)ncn2C1CC1. The Morgan fingerprint density at radius 2 is 2.31 bits per heavy atom. The molecule has 84 valence electrons. The maximum atomic E-state index is 9.36. The third kappa shape index (κ3) is 1.71. The second kappa shape index (κ2) is 3.59. The van der Waals surface area contributed by atoms with Crippen LogP contribution in [0.3, 0.4) is 0 Å². The van der Waals surface area contributed by atoms with Gasteiger partial charge in [0.1, 0.15) is 0 Å². The van der Waals surface area contributed by atoms with Crippen LogP contribution in [0.1, 0.15) is 31.4 Å².